The Morgan fingerprint density at radius 1 is 1.17 bits per heavy atom. The summed E-state index contributed by atoms with van der Waals surface area (Å²) in [5.41, 5.74) is 3.31. The van der Waals surface area contributed by atoms with Crippen molar-refractivity contribution in [3.8, 4) is 11.3 Å². The number of aryl methyl sites for hydroxylation is 1. The van der Waals surface area contributed by atoms with E-state index in [0.717, 1.165) is 30.0 Å². The van der Waals surface area contributed by atoms with Gasteiger partial charge < -0.3 is 9.88 Å². The van der Waals surface area contributed by atoms with Crippen LogP contribution < -0.4 is 0 Å². The van der Waals surface area contributed by atoms with Crippen molar-refractivity contribution >= 4 is 5.91 Å². The molecular formula is C19H23FN2O. The number of carbonyl (C=O) groups is 1. The molecule has 2 atom stereocenters. The highest BCUT2D eigenvalue weighted by atomic mass is 19.1. The van der Waals surface area contributed by atoms with Gasteiger partial charge in [-0.3, -0.25) is 4.79 Å². The predicted octanol–water partition coefficient (Wildman–Crippen LogP) is 4.25. The summed E-state index contributed by atoms with van der Waals surface area (Å²) in [6.45, 7) is 7.95. The first kappa shape index (κ1) is 15.8. The molecule has 1 amide bonds. The second kappa shape index (κ2) is 6.19. The van der Waals surface area contributed by atoms with Gasteiger partial charge in [0.25, 0.3) is 5.91 Å². The molecule has 4 heteroatoms. The molecule has 2 heterocycles. The molecule has 3 nitrogen and oxygen atoms in total. The molecule has 0 unspecified atom stereocenters. The van der Waals surface area contributed by atoms with Gasteiger partial charge in [-0.15, -0.1) is 0 Å². The van der Waals surface area contributed by atoms with Crippen LogP contribution in [0.2, 0.25) is 0 Å². The van der Waals surface area contributed by atoms with Crippen LogP contribution in [0.15, 0.2) is 30.3 Å². The molecule has 1 N–H and O–H groups in total. The van der Waals surface area contributed by atoms with Crippen LogP contribution in [0.1, 0.15) is 36.3 Å². The number of halogens is 1. The number of aromatic nitrogens is 1. The van der Waals surface area contributed by atoms with Gasteiger partial charge in [-0.25, -0.2) is 4.39 Å². The SMILES string of the molecule is Cc1[nH]c(-c2ccc(F)cc2)cc1C(=O)N1C[C@H](C)C[C@@H](C)C1. The van der Waals surface area contributed by atoms with Crippen LogP contribution in [0.4, 0.5) is 4.39 Å². The molecule has 0 bridgehead atoms. The molecule has 1 saturated heterocycles. The highest BCUT2D eigenvalue weighted by molar-refractivity contribution is 5.96. The number of likely N-dealkylation sites (tertiary alicyclic amines) is 1. The summed E-state index contributed by atoms with van der Waals surface area (Å²) in [6, 6.07) is 8.19. The van der Waals surface area contributed by atoms with Gasteiger partial charge in [0.05, 0.1) is 5.56 Å². The van der Waals surface area contributed by atoms with Crippen LogP contribution in [-0.4, -0.2) is 28.9 Å². The molecule has 0 saturated carbocycles. The highest BCUT2D eigenvalue weighted by Gasteiger charge is 2.27. The summed E-state index contributed by atoms with van der Waals surface area (Å²) in [5.74, 6) is 0.909. The lowest BCUT2D eigenvalue weighted by atomic mass is 9.91. The summed E-state index contributed by atoms with van der Waals surface area (Å²) < 4.78 is 13.1. The zero-order valence-electron chi connectivity index (χ0n) is 13.9. The molecule has 23 heavy (non-hydrogen) atoms. The molecule has 1 fully saturated rings. The number of nitrogens with zero attached hydrogens (tertiary/aromatic N) is 1. The molecule has 122 valence electrons. The third-order valence-electron chi connectivity index (χ3n) is 4.56. The van der Waals surface area contributed by atoms with Crippen molar-refractivity contribution in [2.24, 2.45) is 11.8 Å². The Morgan fingerprint density at radius 3 is 2.39 bits per heavy atom. The largest absolute Gasteiger partial charge is 0.358 e. The van der Waals surface area contributed by atoms with Crippen molar-refractivity contribution in [2.75, 3.05) is 13.1 Å². The second-order valence-electron chi connectivity index (χ2n) is 6.88. The molecule has 3 rings (SSSR count). The van der Waals surface area contributed by atoms with Gasteiger partial charge in [-0.2, -0.15) is 0 Å². The van der Waals surface area contributed by atoms with Gasteiger partial charge in [-0.05, 0) is 61.1 Å². The van der Waals surface area contributed by atoms with Crippen molar-refractivity contribution in [2.45, 2.75) is 27.2 Å². The average Bonchev–Trinajstić information content (AvgIpc) is 2.88. The first-order valence-electron chi connectivity index (χ1n) is 8.19. The summed E-state index contributed by atoms with van der Waals surface area (Å²) >= 11 is 0. The van der Waals surface area contributed by atoms with E-state index in [1.54, 1.807) is 12.1 Å². The van der Waals surface area contributed by atoms with Gasteiger partial charge in [-0.1, -0.05) is 13.8 Å². The van der Waals surface area contributed by atoms with Gasteiger partial charge in [0.1, 0.15) is 5.82 Å². The minimum atomic E-state index is -0.260. The normalized spacial score (nSPS) is 21.5. The number of hydrogen-bond donors (Lipinski definition) is 1. The van der Waals surface area contributed by atoms with Crippen LogP contribution in [0.25, 0.3) is 11.3 Å². The third kappa shape index (κ3) is 3.31. The zero-order valence-corrected chi connectivity index (χ0v) is 13.9. The summed E-state index contributed by atoms with van der Waals surface area (Å²) in [5, 5.41) is 0. The topological polar surface area (TPSA) is 36.1 Å². The van der Waals surface area contributed by atoms with E-state index in [9.17, 15) is 9.18 Å². The van der Waals surface area contributed by atoms with Crippen LogP contribution in [0, 0.1) is 24.6 Å². The number of piperidine rings is 1. The molecular weight excluding hydrogens is 291 g/mol. The number of nitrogens with one attached hydrogen (secondary N) is 1. The molecule has 0 aliphatic carbocycles. The van der Waals surface area contributed by atoms with Crippen molar-refractivity contribution in [3.05, 3.63) is 47.4 Å². The molecule has 0 radical (unpaired) electrons. The highest BCUT2D eigenvalue weighted by Crippen LogP contribution is 2.26. The van der Waals surface area contributed by atoms with Crippen LogP contribution >= 0.6 is 0 Å². The van der Waals surface area contributed by atoms with E-state index in [0.29, 0.717) is 17.4 Å². The van der Waals surface area contributed by atoms with E-state index in [-0.39, 0.29) is 11.7 Å². The van der Waals surface area contributed by atoms with E-state index in [1.807, 2.05) is 17.9 Å². The van der Waals surface area contributed by atoms with Crippen LogP contribution in [0.3, 0.4) is 0 Å². The molecule has 0 spiro atoms. The molecule has 1 aromatic heterocycles. The van der Waals surface area contributed by atoms with E-state index in [2.05, 4.69) is 18.8 Å². The molecule has 1 aliphatic rings. The van der Waals surface area contributed by atoms with E-state index in [1.165, 1.54) is 18.6 Å². The number of H-pyrrole nitrogens is 1. The maximum Gasteiger partial charge on any atom is 0.255 e. The minimum Gasteiger partial charge on any atom is -0.358 e. The number of carbonyl (C=O) groups excluding carboxylic acids is 1. The Hall–Kier alpha value is -2.10. The quantitative estimate of drug-likeness (QED) is 0.884. The second-order valence-corrected chi connectivity index (χ2v) is 6.88. The Labute approximate surface area is 136 Å². The number of benzene rings is 1. The fraction of sp³-hybridized carbons (Fsp3) is 0.421. The first-order valence-corrected chi connectivity index (χ1v) is 8.19. The van der Waals surface area contributed by atoms with Crippen molar-refractivity contribution in [1.82, 2.24) is 9.88 Å². The lowest BCUT2D eigenvalue weighted by molar-refractivity contribution is 0.0622. The predicted molar refractivity (Wildman–Crippen MR) is 89.8 cm³/mol. The van der Waals surface area contributed by atoms with E-state index >= 15 is 0 Å². The maximum absolute atomic E-state index is 13.1. The monoisotopic (exact) mass is 314 g/mol. The smallest absolute Gasteiger partial charge is 0.255 e. The zero-order chi connectivity index (χ0) is 16.6. The van der Waals surface area contributed by atoms with Gasteiger partial charge in [0.2, 0.25) is 0 Å². The van der Waals surface area contributed by atoms with E-state index < -0.39 is 0 Å². The van der Waals surface area contributed by atoms with Gasteiger partial charge in [0.15, 0.2) is 0 Å². The number of aromatic amines is 1. The number of hydrogen-bond acceptors (Lipinski definition) is 1. The molecule has 1 aliphatic heterocycles. The maximum atomic E-state index is 13.1. The molecule has 1 aromatic carbocycles. The number of rotatable bonds is 2. The Bertz CT molecular complexity index is 695. The average molecular weight is 314 g/mol. The van der Waals surface area contributed by atoms with Crippen molar-refractivity contribution < 1.29 is 9.18 Å². The van der Waals surface area contributed by atoms with Crippen LogP contribution in [0.5, 0.6) is 0 Å². The summed E-state index contributed by atoms with van der Waals surface area (Å²) in [7, 11) is 0. The van der Waals surface area contributed by atoms with E-state index in [4.69, 9.17) is 0 Å². The lowest BCUT2D eigenvalue weighted by Crippen LogP contribution is -2.42. The summed E-state index contributed by atoms with van der Waals surface area (Å²) in [4.78, 5) is 18.1. The summed E-state index contributed by atoms with van der Waals surface area (Å²) in [6.07, 6.45) is 1.18. The Balaban J connectivity index is 1.85. The Kier molecular flexibility index (Phi) is 4.24. The fourth-order valence-electron chi connectivity index (χ4n) is 3.56. The Morgan fingerprint density at radius 2 is 1.78 bits per heavy atom. The third-order valence-corrected chi connectivity index (χ3v) is 4.56. The number of amides is 1. The lowest BCUT2D eigenvalue weighted by Gasteiger charge is -2.35. The minimum absolute atomic E-state index is 0.0884. The molecule has 2 aromatic rings. The van der Waals surface area contributed by atoms with Gasteiger partial charge >= 0.3 is 0 Å². The fourth-order valence-corrected chi connectivity index (χ4v) is 3.56. The standard InChI is InChI=1S/C19H23FN2O/c1-12-8-13(2)11-22(10-12)19(23)17-9-18(21-14(17)3)15-4-6-16(20)7-5-15/h4-7,9,12-13,21H,8,10-11H2,1-3H3/t12-,13-/m1/s1. The van der Waals surface area contributed by atoms with Crippen molar-refractivity contribution in [1.29, 1.82) is 0 Å². The van der Waals surface area contributed by atoms with Gasteiger partial charge in [0, 0.05) is 24.5 Å². The first-order chi connectivity index (χ1) is 10.9. The van der Waals surface area contributed by atoms with Crippen molar-refractivity contribution in [3.63, 3.8) is 0 Å². The van der Waals surface area contributed by atoms with Crippen LogP contribution in [-0.2, 0) is 0 Å².